The van der Waals surface area contributed by atoms with Crippen molar-refractivity contribution < 1.29 is 14.3 Å². The molecule has 0 saturated heterocycles. The van der Waals surface area contributed by atoms with Gasteiger partial charge in [-0.25, -0.2) is 0 Å². The zero-order valence-electron chi connectivity index (χ0n) is 21.6. The Morgan fingerprint density at radius 3 is 2.42 bits per heavy atom. The summed E-state index contributed by atoms with van der Waals surface area (Å²) in [5.74, 6) is 2.72. The molecule has 1 aromatic heterocycles. The van der Waals surface area contributed by atoms with Crippen molar-refractivity contribution in [2.24, 2.45) is 0 Å². The molecule has 3 aromatic rings. The highest BCUT2D eigenvalue weighted by molar-refractivity contribution is 7.99. The maximum absolute atomic E-state index is 13.3. The average Bonchev–Trinajstić information content (AvgIpc) is 3.30. The van der Waals surface area contributed by atoms with Crippen LogP contribution in [-0.2, 0) is 11.2 Å². The smallest absolute Gasteiger partial charge is 0.237 e. The molecule has 1 saturated carbocycles. The molecule has 0 unspecified atom stereocenters. The highest BCUT2D eigenvalue weighted by Crippen LogP contribution is 2.34. The van der Waals surface area contributed by atoms with Gasteiger partial charge >= 0.3 is 0 Å². The van der Waals surface area contributed by atoms with E-state index in [2.05, 4.69) is 14.8 Å². The van der Waals surface area contributed by atoms with Crippen molar-refractivity contribution in [1.82, 2.24) is 14.8 Å². The van der Waals surface area contributed by atoms with Gasteiger partial charge in [-0.2, -0.15) is 0 Å². The molecule has 1 fully saturated rings. The van der Waals surface area contributed by atoms with Gasteiger partial charge in [-0.1, -0.05) is 55.3 Å². The number of hydrogen-bond acceptors (Lipinski definition) is 6. The van der Waals surface area contributed by atoms with Crippen LogP contribution < -0.4 is 14.4 Å². The predicted molar refractivity (Wildman–Crippen MR) is 144 cm³/mol. The number of rotatable bonds is 10. The molecule has 0 atom stereocenters. The van der Waals surface area contributed by atoms with Crippen molar-refractivity contribution in [2.45, 2.75) is 69.6 Å². The Kier molecular flexibility index (Phi) is 8.91. The molecular weight excluding hydrogens is 472 g/mol. The fourth-order valence-corrected chi connectivity index (χ4v) is 5.80. The van der Waals surface area contributed by atoms with Gasteiger partial charge < -0.3 is 18.9 Å². The fourth-order valence-electron chi connectivity index (χ4n) is 4.92. The van der Waals surface area contributed by atoms with Gasteiger partial charge in [0.1, 0.15) is 5.82 Å². The lowest BCUT2D eigenvalue weighted by Gasteiger charge is -2.27. The Balaban J connectivity index is 1.56. The second kappa shape index (κ2) is 12.3. The van der Waals surface area contributed by atoms with Gasteiger partial charge in [0.15, 0.2) is 16.7 Å². The Morgan fingerprint density at radius 2 is 1.75 bits per heavy atom. The molecule has 0 bridgehead atoms. The summed E-state index contributed by atoms with van der Waals surface area (Å²) in [7, 11) is 3.29. The number of methoxy groups -OCH3 is 2. The predicted octanol–water partition coefficient (Wildman–Crippen LogP) is 5.93. The topological polar surface area (TPSA) is 69.5 Å². The van der Waals surface area contributed by atoms with Crippen LogP contribution in [0.3, 0.4) is 0 Å². The number of ether oxygens (including phenoxy) is 2. The fraction of sp³-hybridized carbons (Fsp3) is 0.464. The Bertz CT molecular complexity index is 1140. The molecule has 0 aliphatic heterocycles. The van der Waals surface area contributed by atoms with Crippen LogP contribution in [0.25, 0.3) is 0 Å². The lowest BCUT2D eigenvalue weighted by Crippen LogP contribution is -2.38. The van der Waals surface area contributed by atoms with Crippen LogP contribution >= 0.6 is 11.8 Å². The number of benzene rings is 2. The van der Waals surface area contributed by atoms with Crippen molar-refractivity contribution in [2.75, 3.05) is 24.9 Å². The van der Waals surface area contributed by atoms with Crippen molar-refractivity contribution >= 4 is 23.4 Å². The van der Waals surface area contributed by atoms with E-state index in [0.717, 1.165) is 35.1 Å². The van der Waals surface area contributed by atoms with E-state index in [-0.39, 0.29) is 11.9 Å². The summed E-state index contributed by atoms with van der Waals surface area (Å²) < 4.78 is 13.2. The van der Waals surface area contributed by atoms with Crippen LogP contribution in [0.2, 0.25) is 0 Å². The molecule has 36 heavy (non-hydrogen) atoms. The molecule has 8 heteroatoms. The minimum absolute atomic E-state index is 0.0670. The Labute approximate surface area is 218 Å². The van der Waals surface area contributed by atoms with Crippen LogP contribution in [0.1, 0.15) is 63.4 Å². The number of nitrogens with zero attached hydrogens (tertiary/aromatic N) is 4. The number of hydrogen-bond donors (Lipinski definition) is 0. The van der Waals surface area contributed by atoms with E-state index >= 15 is 0 Å². The van der Waals surface area contributed by atoms with E-state index in [1.54, 1.807) is 14.2 Å². The van der Waals surface area contributed by atoms with Gasteiger partial charge in [0.05, 0.1) is 20.0 Å². The molecule has 7 nitrogen and oxygen atoms in total. The number of para-hydroxylation sites is 1. The number of aromatic nitrogens is 3. The van der Waals surface area contributed by atoms with E-state index in [0.29, 0.717) is 29.7 Å². The number of anilines is 1. The molecule has 1 aliphatic rings. The van der Waals surface area contributed by atoms with Crippen molar-refractivity contribution in [3.8, 4) is 11.5 Å². The normalized spacial score (nSPS) is 14.1. The molecule has 1 aliphatic carbocycles. The molecule has 1 amide bonds. The minimum atomic E-state index is 0.0670. The summed E-state index contributed by atoms with van der Waals surface area (Å²) in [6, 6.07) is 16.2. The van der Waals surface area contributed by atoms with E-state index < -0.39 is 0 Å². The first-order chi connectivity index (χ1) is 17.5. The number of thioether (sulfide) groups is 1. The van der Waals surface area contributed by atoms with Gasteiger partial charge in [-0.3, -0.25) is 4.79 Å². The molecule has 0 spiro atoms. The number of carbonyl (C=O) groups is 1. The van der Waals surface area contributed by atoms with Crippen molar-refractivity contribution in [3.63, 3.8) is 0 Å². The molecule has 2 aromatic carbocycles. The summed E-state index contributed by atoms with van der Waals surface area (Å²) in [5.41, 5.74) is 2.00. The first-order valence-electron chi connectivity index (χ1n) is 12.7. The van der Waals surface area contributed by atoms with E-state index in [1.807, 2.05) is 67.3 Å². The minimum Gasteiger partial charge on any atom is -0.493 e. The van der Waals surface area contributed by atoms with Gasteiger partial charge in [0.2, 0.25) is 5.91 Å². The van der Waals surface area contributed by atoms with E-state index in [4.69, 9.17) is 9.47 Å². The summed E-state index contributed by atoms with van der Waals surface area (Å²) >= 11 is 1.49. The highest BCUT2D eigenvalue weighted by atomic mass is 32.2. The third-order valence-corrected chi connectivity index (χ3v) is 7.56. The van der Waals surface area contributed by atoms with Gasteiger partial charge in [-0.05, 0) is 56.5 Å². The molecule has 0 radical (unpaired) electrons. The average molecular weight is 509 g/mol. The summed E-state index contributed by atoms with van der Waals surface area (Å²) in [6.45, 7) is 4.09. The van der Waals surface area contributed by atoms with Gasteiger partial charge in [-0.15, -0.1) is 10.2 Å². The molecular formula is C28H36N4O3S. The molecule has 1 heterocycles. The summed E-state index contributed by atoms with van der Waals surface area (Å²) in [4.78, 5) is 15.2. The van der Waals surface area contributed by atoms with Crippen LogP contribution in [0.15, 0.2) is 53.7 Å². The van der Waals surface area contributed by atoms with E-state index in [9.17, 15) is 4.79 Å². The monoisotopic (exact) mass is 508 g/mol. The zero-order valence-corrected chi connectivity index (χ0v) is 22.5. The SMILES string of the molecule is COc1ccc(Cc2nnc(SCC(=O)N(c3ccccc3)C(C)C)n2C2CCCCC2)cc1OC. The lowest BCUT2D eigenvalue weighted by atomic mass is 9.95. The largest absolute Gasteiger partial charge is 0.493 e. The third-order valence-electron chi connectivity index (χ3n) is 6.63. The van der Waals surface area contributed by atoms with Gasteiger partial charge in [0, 0.05) is 24.2 Å². The Morgan fingerprint density at radius 1 is 1.03 bits per heavy atom. The second-order valence-corrected chi connectivity index (χ2v) is 10.4. The maximum Gasteiger partial charge on any atom is 0.237 e. The van der Waals surface area contributed by atoms with Crippen molar-refractivity contribution in [1.29, 1.82) is 0 Å². The molecule has 192 valence electrons. The van der Waals surface area contributed by atoms with Crippen molar-refractivity contribution in [3.05, 3.63) is 59.9 Å². The molecule has 0 N–H and O–H groups in total. The lowest BCUT2D eigenvalue weighted by molar-refractivity contribution is -0.116. The van der Waals surface area contributed by atoms with Crippen LogP contribution in [0.5, 0.6) is 11.5 Å². The first kappa shape index (κ1) is 26.1. The van der Waals surface area contributed by atoms with E-state index in [1.165, 1.54) is 31.0 Å². The number of amides is 1. The number of carbonyl (C=O) groups excluding carboxylic acids is 1. The summed E-state index contributed by atoms with van der Waals surface area (Å²) in [5, 5.41) is 9.98. The standard InChI is InChI=1S/C28H36N4O3S/c1-20(2)31(22-11-7-5-8-12-22)27(33)19-36-28-30-29-26(32(28)23-13-9-6-10-14-23)18-21-15-16-24(34-3)25(17-21)35-4/h5,7-8,11-12,15-17,20,23H,6,9-10,13-14,18-19H2,1-4H3. The van der Waals surface area contributed by atoms with Crippen LogP contribution in [-0.4, -0.2) is 46.7 Å². The summed E-state index contributed by atoms with van der Waals surface area (Å²) in [6.07, 6.45) is 6.54. The maximum atomic E-state index is 13.3. The Hall–Kier alpha value is -3.00. The highest BCUT2D eigenvalue weighted by Gasteiger charge is 2.25. The van der Waals surface area contributed by atoms with Crippen LogP contribution in [0, 0.1) is 0 Å². The van der Waals surface area contributed by atoms with Gasteiger partial charge in [0.25, 0.3) is 0 Å². The zero-order chi connectivity index (χ0) is 25.5. The third kappa shape index (κ3) is 6.03. The quantitative estimate of drug-likeness (QED) is 0.316. The molecule has 4 rings (SSSR count). The first-order valence-corrected chi connectivity index (χ1v) is 13.6. The second-order valence-electron chi connectivity index (χ2n) is 9.41. The van der Waals surface area contributed by atoms with Crippen LogP contribution in [0.4, 0.5) is 5.69 Å².